The third-order valence-corrected chi connectivity index (χ3v) is 20.5. The van der Waals surface area contributed by atoms with E-state index in [-0.39, 0.29) is 81.6 Å². The number of halogens is 4. The van der Waals surface area contributed by atoms with Crippen molar-refractivity contribution in [2.45, 2.75) is 119 Å². The molecule has 16 N–H and O–H groups in total. The number of hydrogen-bond acceptors (Lipinski definition) is 16. The van der Waals surface area contributed by atoms with Gasteiger partial charge in [0.1, 0.15) is 11.6 Å². The maximum absolute atomic E-state index is 13.1. The minimum Gasteiger partial charge on any atom is -0.406 e. The number of hydroxylamine groups is 5. The number of alkyl halides is 3. The second kappa shape index (κ2) is 47.7. The molecule has 0 bridgehead atoms. The molecular formula is C100H106F4N12O16. The van der Waals surface area contributed by atoms with Gasteiger partial charge in [0.25, 0.3) is 47.3 Å². The molecule has 0 fully saturated rings. The number of nitrogens with zero attached hydrogens (tertiary/aromatic N) is 1. The summed E-state index contributed by atoms with van der Waals surface area (Å²) in [7, 11) is 1.97. The number of ether oxygens (including phenoxy) is 1. The minimum absolute atomic E-state index is 0.00202. The van der Waals surface area contributed by atoms with Crippen molar-refractivity contribution >= 4 is 75.8 Å². The zero-order valence-electron chi connectivity index (χ0n) is 74.4. The second-order valence-corrected chi connectivity index (χ2v) is 33.1. The lowest BCUT2D eigenvalue weighted by Gasteiger charge is -2.32. The molecule has 12 aromatic rings. The highest BCUT2D eigenvalue weighted by Gasteiger charge is 2.32. The Morgan fingerprint density at radius 3 is 1.18 bits per heavy atom. The second-order valence-electron chi connectivity index (χ2n) is 33.1. The van der Waals surface area contributed by atoms with Crippen LogP contribution in [0.3, 0.4) is 0 Å². The smallest absolute Gasteiger partial charge is 0.406 e. The number of anilines is 1. The first-order valence-electron chi connectivity index (χ1n) is 41.5. The molecule has 0 aliphatic heterocycles. The number of amides is 11. The Labute approximate surface area is 760 Å². The minimum atomic E-state index is -4.78. The first-order chi connectivity index (χ1) is 62.6. The summed E-state index contributed by atoms with van der Waals surface area (Å²) in [6.07, 6.45) is -2.36. The van der Waals surface area contributed by atoms with Gasteiger partial charge < -0.3 is 41.2 Å². The number of rotatable bonds is 24. The van der Waals surface area contributed by atoms with Crippen molar-refractivity contribution in [3.8, 4) is 28.0 Å². The number of aromatic nitrogens is 1. The molecule has 11 aromatic carbocycles. The fraction of sp³-hybridized carbons (Fsp3) is 0.220. The quantitative estimate of drug-likeness (QED) is 0.0152. The number of nitrogens with one attached hydrogen (secondary N) is 11. The van der Waals surface area contributed by atoms with E-state index in [0.29, 0.717) is 50.9 Å². The molecule has 5 atom stereocenters. The molecule has 1 heterocycles. The van der Waals surface area contributed by atoms with Crippen LogP contribution in [-0.4, -0.2) is 96.2 Å². The van der Waals surface area contributed by atoms with Gasteiger partial charge in [-0.05, 0) is 233 Å². The molecule has 690 valence electrons. The Kier molecular flexibility index (Phi) is 36.9. The van der Waals surface area contributed by atoms with Crippen LogP contribution in [0.4, 0.5) is 28.0 Å². The largest absolute Gasteiger partial charge is 0.573 e. The lowest BCUT2D eigenvalue weighted by molar-refractivity contribution is -0.274. The first kappa shape index (κ1) is 102. The van der Waals surface area contributed by atoms with Crippen molar-refractivity contribution in [2.75, 3.05) is 5.32 Å². The summed E-state index contributed by atoms with van der Waals surface area (Å²) in [4.78, 5) is 119. The molecule has 0 radical (unpaired) electrons. The highest BCUT2D eigenvalue weighted by atomic mass is 19.4. The molecule has 1 aromatic heterocycles. The maximum Gasteiger partial charge on any atom is 0.573 e. The molecule has 28 nitrogen and oxygen atoms in total. The normalized spacial score (nSPS) is 12.1. The van der Waals surface area contributed by atoms with E-state index in [1.165, 1.54) is 41.9 Å². The molecule has 0 saturated carbocycles. The number of benzene rings is 11. The van der Waals surface area contributed by atoms with Gasteiger partial charge in [-0.2, -0.15) is 0 Å². The number of urea groups is 1. The Balaban J connectivity index is 0.000000204. The van der Waals surface area contributed by atoms with E-state index in [2.05, 4.69) is 36.6 Å². The summed E-state index contributed by atoms with van der Waals surface area (Å²) in [6.45, 7) is 21.6. The van der Waals surface area contributed by atoms with Gasteiger partial charge in [0.05, 0.1) is 30.2 Å². The van der Waals surface area contributed by atoms with Crippen LogP contribution in [-0.2, 0) is 11.8 Å². The molecule has 0 aliphatic carbocycles. The van der Waals surface area contributed by atoms with Crippen LogP contribution >= 0.6 is 0 Å². The number of fused-ring (bicyclic) bond motifs is 1. The van der Waals surface area contributed by atoms with Crippen molar-refractivity contribution in [3.63, 3.8) is 0 Å². The fourth-order valence-electron chi connectivity index (χ4n) is 13.4. The molecule has 132 heavy (non-hydrogen) atoms. The van der Waals surface area contributed by atoms with Gasteiger partial charge in [0, 0.05) is 80.8 Å². The molecule has 0 aliphatic rings. The predicted molar refractivity (Wildman–Crippen MR) is 490 cm³/mol. The van der Waals surface area contributed by atoms with E-state index >= 15 is 0 Å². The summed E-state index contributed by atoms with van der Waals surface area (Å²) >= 11 is 0. The van der Waals surface area contributed by atoms with E-state index in [0.717, 1.165) is 67.5 Å². The van der Waals surface area contributed by atoms with Crippen LogP contribution in [0.25, 0.3) is 33.2 Å². The van der Waals surface area contributed by atoms with E-state index in [4.69, 9.17) is 26.0 Å². The number of aryl methyl sites for hydroxylation is 1. The lowest BCUT2D eigenvalue weighted by atomic mass is 9.82. The van der Waals surface area contributed by atoms with Gasteiger partial charge >= 0.3 is 12.4 Å². The Hall–Kier alpha value is -15.2. The van der Waals surface area contributed by atoms with Gasteiger partial charge in [-0.1, -0.05) is 183 Å². The Bertz CT molecular complexity index is 5900. The SMILES string of the molecule is CC(C)C(NC(=O)c1ccc(-c2ccc(F)cc2)cc1)c1ccc(C(=O)NO)cc1.CC(NC(=O)CC(C)(C)C)c1ccc(C(=O)NO)cc1.CC(NC(=O)Nc1ccc(OC(F)(F)F)cc1)c1ccc(C(=O)NO)cc1.CC(NC(=O)c1ccc(-c2ccccc2)cc1)c1cccc(C(=O)NO)c1.Cn1ccc2cc(C(=O)NC(c3ccc(C(=O)NO)cc3)C(C)(C)C)ccc21. The van der Waals surface area contributed by atoms with Crippen LogP contribution in [0.1, 0.15) is 223 Å². The summed E-state index contributed by atoms with van der Waals surface area (Å²) in [5.41, 5.74) is 20.3. The average molecular weight is 1810 g/mol. The lowest BCUT2D eigenvalue weighted by Crippen LogP contribution is -2.36. The van der Waals surface area contributed by atoms with Crippen LogP contribution in [0.5, 0.6) is 5.75 Å². The molecule has 12 rings (SSSR count). The van der Waals surface area contributed by atoms with Gasteiger partial charge in [-0.3, -0.25) is 69.2 Å². The zero-order valence-corrected chi connectivity index (χ0v) is 74.4. The summed E-state index contributed by atoms with van der Waals surface area (Å²) < 4.78 is 55.2. The third-order valence-electron chi connectivity index (χ3n) is 20.5. The standard InChI is InChI=1S/C24H23FN2O3.C22H25N3O3.C22H20N2O3.C17H16F3N3O4.C15H22N2O3/c1-15(2)22(18-5-9-20(10-6-18)24(29)27-30)26-23(28)19-7-3-16(4-8-19)17-11-13-21(25)14-12-17;1-22(2,3)19(14-5-7-15(8-6-14)21(27)24-28)23-20(26)17-9-10-18-16(13-17)11-12-25(18)4;1-15(19-8-5-9-20(14-19)22(26)24-27)23-21(25)18-12-10-17(11-13-18)16-6-3-2-4-7-16;1-10(11-2-4-12(5-3-11)15(24)23-26)21-16(25)22-13-6-8-14(9-7-13)27-17(18,19)20;1-10(16-13(18)9-15(2,3)4)11-5-7-12(8-6-11)14(19)17-20/h3-15,22,30H,1-2H3,(H,26,28)(H,27,29);5-13,19,28H,1-4H3,(H,23,26)(H,24,27);2-15,27H,1H3,(H,23,25)(H,24,26);2-10,26H,1H3,(H,23,24)(H2,21,22,25);5-8,10,20H,9H2,1-4H3,(H,16,18)(H,17,19). The third kappa shape index (κ3) is 31.0. The summed E-state index contributed by atoms with van der Waals surface area (Å²) in [5.74, 6) is -4.09. The topological polar surface area (TPSA) is 418 Å². The van der Waals surface area contributed by atoms with Gasteiger partial charge in [-0.15, -0.1) is 13.2 Å². The molecule has 5 unspecified atom stereocenters. The van der Waals surface area contributed by atoms with Gasteiger partial charge in [0.2, 0.25) is 5.91 Å². The highest BCUT2D eigenvalue weighted by Crippen LogP contribution is 2.35. The van der Waals surface area contributed by atoms with Crippen molar-refractivity contribution in [1.82, 2.24) is 58.6 Å². The van der Waals surface area contributed by atoms with E-state index in [9.17, 15) is 65.5 Å². The average Bonchev–Trinajstić information content (AvgIpc) is 1.68. The van der Waals surface area contributed by atoms with Crippen molar-refractivity contribution < 1.29 is 96.3 Å². The Morgan fingerprint density at radius 1 is 0.364 bits per heavy atom. The number of hydrogen-bond donors (Lipinski definition) is 16. The number of carbonyl (C=O) groups excluding carboxylic acids is 10. The molecular weight excluding hydrogens is 1700 g/mol. The van der Waals surface area contributed by atoms with Crippen molar-refractivity contribution in [2.24, 2.45) is 23.8 Å². The van der Waals surface area contributed by atoms with E-state index in [1.54, 1.807) is 168 Å². The summed E-state index contributed by atoms with van der Waals surface area (Å²) in [6, 6.07) is 74.3. The van der Waals surface area contributed by atoms with E-state index in [1.807, 2.05) is 172 Å². The highest BCUT2D eigenvalue weighted by molar-refractivity contribution is 6.00. The fourth-order valence-corrected chi connectivity index (χ4v) is 13.4. The monoisotopic (exact) mass is 1810 g/mol. The molecule has 0 spiro atoms. The van der Waals surface area contributed by atoms with Crippen LogP contribution < -0.4 is 64.0 Å². The zero-order chi connectivity index (χ0) is 96.7. The summed E-state index contributed by atoms with van der Waals surface area (Å²) in [5, 5.41) is 61.5. The van der Waals surface area contributed by atoms with Crippen molar-refractivity contribution in [3.05, 3.63) is 357 Å². The Morgan fingerprint density at radius 2 is 0.742 bits per heavy atom. The van der Waals surface area contributed by atoms with Crippen LogP contribution in [0, 0.1) is 22.6 Å². The van der Waals surface area contributed by atoms with E-state index < -0.39 is 53.7 Å². The first-order valence-corrected chi connectivity index (χ1v) is 41.5. The van der Waals surface area contributed by atoms with Crippen LogP contribution in [0.15, 0.2) is 279 Å². The van der Waals surface area contributed by atoms with Crippen LogP contribution in [0.2, 0.25) is 0 Å². The van der Waals surface area contributed by atoms with Crippen molar-refractivity contribution in [1.29, 1.82) is 0 Å². The maximum atomic E-state index is 13.1. The van der Waals surface area contributed by atoms with Gasteiger partial charge in [-0.25, -0.2) is 36.6 Å². The predicted octanol–water partition coefficient (Wildman–Crippen LogP) is 18.5. The molecule has 0 saturated heterocycles. The number of carbonyl (C=O) groups is 10. The molecule has 32 heteroatoms. The van der Waals surface area contributed by atoms with Gasteiger partial charge in [0.15, 0.2) is 0 Å². The molecule has 11 amide bonds.